The molecule has 0 saturated carbocycles. The van der Waals surface area contributed by atoms with Gasteiger partial charge in [-0.25, -0.2) is 0 Å². The fourth-order valence-corrected chi connectivity index (χ4v) is 3.94. The number of benzene rings is 2. The van der Waals surface area contributed by atoms with E-state index in [1.807, 2.05) is 55.5 Å². The van der Waals surface area contributed by atoms with Crippen LogP contribution in [-0.4, -0.2) is 41.7 Å². The van der Waals surface area contributed by atoms with Crippen molar-refractivity contribution in [2.75, 3.05) is 29.5 Å². The van der Waals surface area contributed by atoms with Gasteiger partial charge in [0.1, 0.15) is 5.75 Å². The maximum Gasteiger partial charge on any atom is 0.265 e. The lowest BCUT2D eigenvalue weighted by molar-refractivity contribution is -0.121. The number of carbonyl (C=O) groups excluding carboxylic acids is 2. The van der Waals surface area contributed by atoms with Gasteiger partial charge in [0.2, 0.25) is 17.6 Å². The van der Waals surface area contributed by atoms with Crippen LogP contribution in [0.5, 0.6) is 5.75 Å². The van der Waals surface area contributed by atoms with Gasteiger partial charge in [-0.05, 0) is 37.3 Å². The molecule has 8 heteroatoms. The van der Waals surface area contributed by atoms with Gasteiger partial charge < -0.3 is 19.1 Å². The Bertz CT molecular complexity index is 1110. The number of hydrogen-bond donors (Lipinski definition) is 0. The van der Waals surface area contributed by atoms with Gasteiger partial charge >= 0.3 is 0 Å². The quantitative estimate of drug-likeness (QED) is 0.664. The van der Waals surface area contributed by atoms with Gasteiger partial charge in [0, 0.05) is 30.8 Å². The first kappa shape index (κ1) is 18.4. The van der Waals surface area contributed by atoms with Crippen LogP contribution in [0.3, 0.4) is 0 Å². The van der Waals surface area contributed by atoms with E-state index in [-0.39, 0.29) is 24.3 Å². The van der Waals surface area contributed by atoms with Crippen molar-refractivity contribution in [3.05, 3.63) is 54.4 Å². The van der Waals surface area contributed by atoms with E-state index in [1.54, 1.807) is 9.80 Å². The van der Waals surface area contributed by atoms with Gasteiger partial charge in [-0.1, -0.05) is 23.4 Å². The lowest BCUT2D eigenvalue weighted by Crippen LogP contribution is -2.38. The highest BCUT2D eigenvalue weighted by atomic mass is 16.5. The molecule has 2 amide bonds. The minimum Gasteiger partial charge on any atom is -0.482 e. The zero-order valence-electron chi connectivity index (χ0n) is 16.4. The van der Waals surface area contributed by atoms with E-state index in [0.29, 0.717) is 42.7 Å². The third-order valence-corrected chi connectivity index (χ3v) is 5.46. The van der Waals surface area contributed by atoms with E-state index < -0.39 is 0 Å². The Balaban J connectivity index is 1.40. The molecule has 1 aromatic heterocycles. The molecule has 0 unspecified atom stereocenters. The van der Waals surface area contributed by atoms with Crippen LogP contribution in [0.25, 0.3) is 11.4 Å². The van der Waals surface area contributed by atoms with Gasteiger partial charge in [0.05, 0.1) is 11.6 Å². The number of rotatable bonds is 4. The van der Waals surface area contributed by atoms with Crippen molar-refractivity contribution in [2.24, 2.45) is 0 Å². The Labute approximate surface area is 173 Å². The molecular weight excluding hydrogens is 384 g/mol. The van der Waals surface area contributed by atoms with E-state index in [2.05, 4.69) is 10.1 Å². The maximum atomic E-state index is 12.5. The summed E-state index contributed by atoms with van der Waals surface area (Å²) in [4.78, 5) is 32.6. The van der Waals surface area contributed by atoms with Crippen LogP contribution in [0, 0.1) is 0 Å². The third kappa shape index (κ3) is 3.10. The number of para-hydroxylation sites is 1. The van der Waals surface area contributed by atoms with Gasteiger partial charge in [-0.15, -0.1) is 0 Å². The van der Waals surface area contributed by atoms with Crippen LogP contribution in [-0.2, 0) is 9.59 Å². The molecule has 152 valence electrons. The first-order valence-electron chi connectivity index (χ1n) is 9.90. The fourth-order valence-electron chi connectivity index (χ4n) is 3.94. The zero-order valence-corrected chi connectivity index (χ0v) is 16.4. The Kier molecular flexibility index (Phi) is 4.46. The molecule has 3 aromatic rings. The minimum atomic E-state index is -0.159. The molecule has 30 heavy (non-hydrogen) atoms. The van der Waals surface area contributed by atoms with Crippen molar-refractivity contribution in [1.82, 2.24) is 10.1 Å². The Hall–Kier alpha value is -3.68. The van der Waals surface area contributed by atoms with Crippen molar-refractivity contribution in [3.8, 4) is 17.1 Å². The van der Waals surface area contributed by atoms with Crippen molar-refractivity contribution in [3.63, 3.8) is 0 Å². The highest BCUT2D eigenvalue weighted by Crippen LogP contribution is 2.36. The number of amides is 2. The number of likely N-dealkylation sites (N-methyl/N-ethyl adjacent to an activating group) is 1. The molecule has 0 radical (unpaired) electrons. The molecule has 3 heterocycles. The molecule has 1 atom stereocenters. The predicted octanol–water partition coefficient (Wildman–Crippen LogP) is 3.00. The van der Waals surface area contributed by atoms with Crippen LogP contribution >= 0.6 is 0 Å². The molecular formula is C22H20N4O4. The first-order valence-corrected chi connectivity index (χ1v) is 9.90. The van der Waals surface area contributed by atoms with E-state index in [1.165, 1.54) is 0 Å². The summed E-state index contributed by atoms with van der Waals surface area (Å²) in [5.74, 6) is 1.31. The molecule has 8 nitrogen and oxygen atoms in total. The summed E-state index contributed by atoms with van der Waals surface area (Å²) in [6, 6.07) is 15.0. The van der Waals surface area contributed by atoms with E-state index in [9.17, 15) is 9.59 Å². The second kappa shape index (κ2) is 7.29. The smallest absolute Gasteiger partial charge is 0.265 e. The highest BCUT2D eigenvalue weighted by molar-refractivity contribution is 5.98. The van der Waals surface area contributed by atoms with Gasteiger partial charge in [-0.3, -0.25) is 9.59 Å². The van der Waals surface area contributed by atoms with Crippen LogP contribution in [0.15, 0.2) is 53.1 Å². The third-order valence-electron chi connectivity index (χ3n) is 5.46. The Morgan fingerprint density at radius 1 is 1.10 bits per heavy atom. The van der Waals surface area contributed by atoms with Gasteiger partial charge in [-0.2, -0.15) is 4.98 Å². The molecule has 0 N–H and O–H groups in total. The average Bonchev–Trinajstić information content (AvgIpc) is 3.41. The van der Waals surface area contributed by atoms with Gasteiger partial charge in [0.25, 0.3) is 5.91 Å². The van der Waals surface area contributed by atoms with E-state index >= 15 is 0 Å². The second-order valence-electron chi connectivity index (χ2n) is 7.31. The number of fused-ring (bicyclic) bond motifs is 1. The standard InChI is InChI=1S/C22H20N4O4/c1-2-25-17-10-14(8-9-18(17)29-13-20(25)28)21-23-22(30-24-21)15-11-19(27)26(12-15)16-6-4-3-5-7-16/h3-10,15H,2,11-13H2,1H3/t15-/m1/s1. The SMILES string of the molecule is CCN1C(=O)COc2ccc(-c3noc([C@@H]4CC(=O)N(c5ccccc5)C4)n3)cc21. The van der Waals surface area contributed by atoms with Crippen molar-refractivity contribution < 1.29 is 18.8 Å². The topological polar surface area (TPSA) is 88.8 Å². The summed E-state index contributed by atoms with van der Waals surface area (Å²) >= 11 is 0. The van der Waals surface area contributed by atoms with E-state index in [0.717, 1.165) is 11.3 Å². The molecule has 5 rings (SSSR count). The average molecular weight is 404 g/mol. The summed E-state index contributed by atoms with van der Waals surface area (Å²) in [6.45, 7) is 3.01. The molecule has 0 bridgehead atoms. The number of nitrogens with zero attached hydrogens (tertiary/aromatic N) is 4. The maximum absolute atomic E-state index is 12.5. The lowest BCUT2D eigenvalue weighted by Gasteiger charge is -2.28. The largest absolute Gasteiger partial charge is 0.482 e. The summed E-state index contributed by atoms with van der Waals surface area (Å²) in [5, 5.41) is 4.11. The van der Waals surface area contributed by atoms with Crippen LogP contribution in [0.2, 0.25) is 0 Å². The monoisotopic (exact) mass is 404 g/mol. The van der Waals surface area contributed by atoms with Crippen molar-refractivity contribution >= 4 is 23.2 Å². The minimum absolute atomic E-state index is 0.0361. The number of ether oxygens (including phenoxy) is 1. The van der Waals surface area contributed by atoms with Gasteiger partial charge in [0.15, 0.2) is 6.61 Å². The Morgan fingerprint density at radius 2 is 1.93 bits per heavy atom. The summed E-state index contributed by atoms with van der Waals surface area (Å²) in [6.07, 6.45) is 0.326. The van der Waals surface area contributed by atoms with Crippen LogP contribution in [0.1, 0.15) is 25.2 Å². The normalized spacial score (nSPS) is 18.5. The number of hydrogen-bond acceptors (Lipinski definition) is 6. The summed E-state index contributed by atoms with van der Waals surface area (Å²) in [7, 11) is 0. The van der Waals surface area contributed by atoms with Crippen molar-refractivity contribution in [2.45, 2.75) is 19.3 Å². The molecule has 2 aliphatic heterocycles. The highest BCUT2D eigenvalue weighted by Gasteiger charge is 2.35. The zero-order chi connectivity index (χ0) is 20.7. The van der Waals surface area contributed by atoms with E-state index in [4.69, 9.17) is 9.26 Å². The molecule has 1 saturated heterocycles. The number of carbonyl (C=O) groups is 2. The Morgan fingerprint density at radius 3 is 2.73 bits per heavy atom. The van der Waals surface area contributed by atoms with Crippen LogP contribution < -0.4 is 14.5 Å². The predicted molar refractivity (Wildman–Crippen MR) is 109 cm³/mol. The first-order chi connectivity index (χ1) is 14.6. The fraction of sp³-hybridized carbons (Fsp3) is 0.273. The number of anilines is 2. The number of aromatic nitrogens is 2. The molecule has 2 aromatic carbocycles. The lowest BCUT2D eigenvalue weighted by atomic mass is 10.1. The second-order valence-corrected chi connectivity index (χ2v) is 7.31. The summed E-state index contributed by atoms with van der Waals surface area (Å²) in [5.41, 5.74) is 2.29. The molecule has 1 fully saturated rings. The van der Waals surface area contributed by atoms with Crippen LogP contribution in [0.4, 0.5) is 11.4 Å². The molecule has 0 spiro atoms. The molecule has 0 aliphatic carbocycles. The molecule has 2 aliphatic rings. The summed E-state index contributed by atoms with van der Waals surface area (Å²) < 4.78 is 11.0. The van der Waals surface area contributed by atoms with Crippen molar-refractivity contribution in [1.29, 1.82) is 0 Å².